The van der Waals surface area contributed by atoms with Crippen LogP contribution in [0, 0.1) is 0 Å². The van der Waals surface area contributed by atoms with Gasteiger partial charge in [-0.15, -0.1) is 0 Å². The molecule has 1 N–H and O–H groups in total. The lowest BCUT2D eigenvalue weighted by Crippen LogP contribution is -2.40. The van der Waals surface area contributed by atoms with E-state index in [1.807, 2.05) is 19.0 Å². The molecule has 1 heterocycles. The number of rotatable bonds is 3. The van der Waals surface area contributed by atoms with Crippen molar-refractivity contribution in [2.24, 2.45) is 0 Å². The topological polar surface area (TPSA) is 35.6 Å². The molecular formula is C16H25N3O. The average molecular weight is 275 g/mol. The molecule has 0 atom stereocenters. The second-order valence-corrected chi connectivity index (χ2v) is 5.62. The fourth-order valence-electron chi connectivity index (χ4n) is 2.48. The lowest BCUT2D eigenvalue weighted by Gasteiger charge is -2.21. The summed E-state index contributed by atoms with van der Waals surface area (Å²) in [4.78, 5) is 16.1. The number of nitrogens with one attached hydrogen (secondary N) is 1. The van der Waals surface area contributed by atoms with Crippen LogP contribution in [0.4, 0.5) is 10.5 Å². The number of urea groups is 1. The Morgan fingerprint density at radius 2 is 1.70 bits per heavy atom. The molecule has 0 aromatic heterocycles. The highest BCUT2D eigenvalue weighted by molar-refractivity contribution is 5.74. The summed E-state index contributed by atoms with van der Waals surface area (Å²) in [7, 11) is 4.05. The molecule has 0 saturated carbocycles. The Hall–Kier alpha value is -1.71. The average Bonchev–Trinajstić information content (AvgIpc) is 2.74. The molecule has 110 valence electrons. The highest BCUT2D eigenvalue weighted by Gasteiger charge is 2.14. The van der Waals surface area contributed by atoms with E-state index in [0.717, 1.165) is 31.5 Å². The molecule has 0 spiro atoms. The molecule has 2 rings (SSSR count). The molecule has 0 bridgehead atoms. The van der Waals surface area contributed by atoms with Gasteiger partial charge in [0.25, 0.3) is 0 Å². The smallest absolute Gasteiger partial charge is 0.317 e. The van der Waals surface area contributed by atoms with Crippen molar-refractivity contribution < 1.29 is 4.79 Å². The summed E-state index contributed by atoms with van der Waals surface area (Å²) in [5.41, 5.74) is 2.31. The Labute approximate surface area is 121 Å². The molecule has 1 aromatic rings. The van der Waals surface area contributed by atoms with Crippen molar-refractivity contribution in [1.29, 1.82) is 0 Å². The summed E-state index contributed by atoms with van der Waals surface area (Å²) >= 11 is 0. The summed E-state index contributed by atoms with van der Waals surface area (Å²) in [6, 6.07) is 8.36. The van der Waals surface area contributed by atoms with Gasteiger partial charge in [-0.1, -0.05) is 25.0 Å². The maximum Gasteiger partial charge on any atom is 0.317 e. The zero-order valence-electron chi connectivity index (χ0n) is 12.6. The van der Waals surface area contributed by atoms with E-state index >= 15 is 0 Å². The molecule has 2 amide bonds. The van der Waals surface area contributed by atoms with E-state index in [1.54, 1.807) is 0 Å². The van der Waals surface area contributed by atoms with E-state index in [9.17, 15) is 4.79 Å². The second kappa shape index (κ2) is 7.17. The lowest BCUT2D eigenvalue weighted by atomic mass is 10.2. The van der Waals surface area contributed by atoms with Gasteiger partial charge in [0.1, 0.15) is 0 Å². The van der Waals surface area contributed by atoms with Crippen LogP contribution in [0.15, 0.2) is 24.3 Å². The SMILES string of the molecule is CN(C)c1ccc(CNC(=O)N2CCCCCC2)cc1. The maximum absolute atomic E-state index is 12.1. The number of nitrogens with zero attached hydrogens (tertiary/aromatic N) is 2. The third kappa shape index (κ3) is 4.15. The van der Waals surface area contributed by atoms with Crippen molar-refractivity contribution in [3.63, 3.8) is 0 Å². The second-order valence-electron chi connectivity index (χ2n) is 5.62. The normalized spacial score (nSPS) is 15.6. The zero-order chi connectivity index (χ0) is 14.4. The zero-order valence-corrected chi connectivity index (χ0v) is 12.6. The number of amides is 2. The minimum absolute atomic E-state index is 0.0728. The van der Waals surface area contributed by atoms with Gasteiger partial charge in [0.2, 0.25) is 0 Å². The standard InChI is InChI=1S/C16H25N3O/c1-18(2)15-9-7-14(8-10-15)13-17-16(20)19-11-5-3-4-6-12-19/h7-10H,3-6,11-13H2,1-2H3,(H,17,20). The molecule has 4 nitrogen and oxygen atoms in total. The van der Waals surface area contributed by atoms with Crippen LogP contribution in [-0.2, 0) is 6.54 Å². The largest absolute Gasteiger partial charge is 0.378 e. The minimum Gasteiger partial charge on any atom is -0.378 e. The fraction of sp³-hybridized carbons (Fsp3) is 0.562. The summed E-state index contributed by atoms with van der Waals surface area (Å²) in [5.74, 6) is 0. The molecule has 1 aliphatic heterocycles. The molecule has 0 unspecified atom stereocenters. The molecule has 1 saturated heterocycles. The maximum atomic E-state index is 12.1. The van der Waals surface area contributed by atoms with Crippen molar-refractivity contribution in [1.82, 2.24) is 10.2 Å². The highest BCUT2D eigenvalue weighted by Crippen LogP contribution is 2.13. The Kier molecular flexibility index (Phi) is 5.27. The van der Waals surface area contributed by atoms with E-state index in [4.69, 9.17) is 0 Å². The van der Waals surface area contributed by atoms with E-state index < -0.39 is 0 Å². The van der Waals surface area contributed by atoms with Crippen molar-refractivity contribution in [3.8, 4) is 0 Å². The number of carbonyl (C=O) groups is 1. The first-order valence-electron chi connectivity index (χ1n) is 7.46. The summed E-state index contributed by atoms with van der Waals surface area (Å²) in [6.07, 6.45) is 4.75. The number of likely N-dealkylation sites (tertiary alicyclic amines) is 1. The Balaban J connectivity index is 1.83. The van der Waals surface area contributed by atoms with E-state index in [-0.39, 0.29) is 6.03 Å². The van der Waals surface area contributed by atoms with Crippen LogP contribution in [0.2, 0.25) is 0 Å². The van der Waals surface area contributed by atoms with Crippen LogP contribution < -0.4 is 10.2 Å². The molecule has 0 radical (unpaired) electrons. The van der Waals surface area contributed by atoms with E-state index in [2.05, 4.69) is 34.5 Å². The number of hydrogen-bond donors (Lipinski definition) is 1. The van der Waals surface area contributed by atoms with Gasteiger partial charge in [-0.3, -0.25) is 0 Å². The first-order chi connectivity index (χ1) is 9.66. The predicted octanol–water partition coefficient (Wildman–Crippen LogP) is 2.84. The number of hydrogen-bond acceptors (Lipinski definition) is 2. The van der Waals surface area contributed by atoms with Gasteiger partial charge in [0, 0.05) is 39.4 Å². The first kappa shape index (κ1) is 14.7. The summed E-state index contributed by atoms with van der Waals surface area (Å²) < 4.78 is 0. The third-order valence-electron chi connectivity index (χ3n) is 3.79. The summed E-state index contributed by atoms with van der Waals surface area (Å²) in [6.45, 7) is 2.39. The number of benzene rings is 1. The van der Waals surface area contributed by atoms with Crippen molar-refractivity contribution >= 4 is 11.7 Å². The number of anilines is 1. The quantitative estimate of drug-likeness (QED) is 0.920. The van der Waals surface area contributed by atoms with Gasteiger partial charge in [-0.05, 0) is 30.5 Å². The van der Waals surface area contributed by atoms with Gasteiger partial charge in [0.05, 0.1) is 0 Å². The molecule has 1 fully saturated rings. The van der Waals surface area contributed by atoms with Crippen LogP contribution in [0.5, 0.6) is 0 Å². The molecule has 1 aromatic carbocycles. The van der Waals surface area contributed by atoms with Crippen LogP contribution in [0.25, 0.3) is 0 Å². The van der Waals surface area contributed by atoms with E-state index in [1.165, 1.54) is 18.5 Å². The van der Waals surface area contributed by atoms with Crippen molar-refractivity contribution in [2.75, 3.05) is 32.1 Å². The molecule has 1 aliphatic rings. The van der Waals surface area contributed by atoms with Crippen LogP contribution in [0.3, 0.4) is 0 Å². The highest BCUT2D eigenvalue weighted by atomic mass is 16.2. The predicted molar refractivity (Wildman–Crippen MR) is 83.0 cm³/mol. The van der Waals surface area contributed by atoms with Gasteiger partial charge in [-0.25, -0.2) is 4.79 Å². The van der Waals surface area contributed by atoms with Crippen LogP contribution in [0.1, 0.15) is 31.2 Å². The Morgan fingerprint density at radius 3 is 2.25 bits per heavy atom. The van der Waals surface area contributed by atoms with Crippen molar-refractivity contribution in [2.45, 2.75) is 32.2 Å². The Morgan fingerprint density at radius 1 is 1.10 bits per heavy atom. The van der Waals surface area contributed by atoms with Gasteiger partial charge < -0.3 is 15.1 Å². The van der Waals surface area contributed by atoms with Crippen molar-refractivity contribution in [3.05, 3.63) is 29.8 Å². The Bertz CT molecular complexity index is 420. The van der Waals surface area contributed by atoms with Gasteiger partial charge >= 0.3 is 6.03 Å². The monoisotopic (exact) mass is 275 g/mol. The van der Waals surface area contributed by atoms with Crippen LogP contribution in [-0.4, -0.2) is 38.1 Å². The molecular weight excluding hydrogens is 250 g/mol. The molecule has 20 heavy (non-hydrogen) atoms. The molecule has 0 aliphatic carbocycles. The lowest BCUT2D eigenvalue weighted by molar-refractivity contribution is 0.199. The summed E-state index contributed by atoms with van der Waals surface area (Å²) in [5, 5.41) is 3.02. The third-order valence-corrected chi connectivity index (χ3v) is 3.79. The molecule has 4 heteroatoms. The number of carbonyl (C=O) groups excluding carboxylic acids is 1. The fourth-order valence-corrected chi connectivity index (χ4v) is 2.48. The van der Waals surface area contributed by atoms with Gasteiger partial charge in [-0.2, -0.15) is 0 Å². The minimum atomic E-state index is 0.0728. The van der Waals surface area contributed by atoms with E-state index in [0.29, 0.717) is 6.54 Å². The first-order valence-corrected chi connectivity index (χ1v) is 7.46. The van der Waals surface area contributed by atoms with Gasteiger partial charge in [0.15, 0.2) is 0 Å². The van der Waals surface area contributed by atoms with Crippen LogP contribution >= 0.6 is 0 Å².